The molecule has 1 aliphatic heterocycles. The third-order valence-corrected chi connectivity index (χ3v) is 5.13. The Morgan fingerprint density at radius 1 is 0.897 bits per heavy atom. The smallest absolute Gasteiger partial charge is 0.303 e. The maximum atomic E-state index is 12.7. The van der Waals surface area contributed by atoms with Crippen molar-refractivity contribution < 1.29 is 47.1 Å². The maximum absolute atomic E-state index is 12.7. The largest absolute Gasteiger partial charge is 0.463 e. The fourth-order valence-corrected chi connectivity index (χ4v) is 3.96. The van der Waals surface area contributed by atoms with Crippen LogP contribution in [0.1, 0.15) is 34.1 Å². The van der Waals surface area contributed by atoms with Crippen LogP contribution in [0.4, 0.5) is 0 Å². The van der Waals surface area contributed by atoms with Crippen LogP contribution in [0.5, 0.6) is 0 Å². The Balaban J connectivity index is 3.35. The first kappa shape index (κ1) is 24.5. The van der Waals surface area contributed by atoms with E-state index in [4.69, 9.17) is 28.9 Å². The minimum Gasteiger partial charge on any atom is -0.463 e. The summed E-state index contributed by atoms with van der Waals surface area (Å²) in [5.74, 6) is -3.07. The molecule has 0 amide bonds. The molecule has 1 heterocycles. The van der Waals surface area contributed by atoms with Crippen LogP contribution in [0.15, 0.2) is 0 Å². The molecule has 6 atom stereocenters. The molecule has 0 saturated carbocycles. The van der Waals surface area contributed by atoms with Crippen LogP contribution in [0.3, 0.4) is 0 Å². The van der Waals surface area contributed by atoms with Gasteiger partial charge in [-0.05, 0) is 0 Å². The fourth-order valence-electron chi connectivity index (χ4n) is 2.66. The van der Waals surface area contributed by atoms with E-state index in [2.05, 4.69) is 0 Å². The van der Waals surface area contributed by atoms with Crippen LogP contribution >= 0.6 is 0 Å². The predicted octanol–water partition coefficient (Wildman–Crippen LogP) is -0.268. The second-order valence-electron chi connectivity index (χ2n) is 6.06. The third-order valence-electron chi connectivity index (χ3n) is 3.62. The molecular formula is C17H23NO10S. The molecule has 0 spiro atoms. The number of ether oxygens (including phenoxy) is 5. The summed E-state index contributed by atoms with van der Waals surface area (Å²) in [4.78, 5) is 46.0. The van der Waals surface area contributed by atoms with Crippen LogP contribution in [-0.4, -0.2) is 70.3 Å². The number of carbonyl (C=O) groups excluding carboxylic acids is 4. The summed E-state index contributed by atoms with van der Waals surface area (Å²) in [5.41, 5.74) is -1.32. The minimum absolute atomic E-state index is 0.0700. The molecule has 29 heavy (non-hydrogen) atoms. The summed E-state index contributed by atoms with van der Waals surface area (Å²) >= 11 is 0. The third kappa shape index (κ3) is 7.78. The summed E-state index contributed by atoms with van der Waals surface area (Å²) in [5, 5.41) is 8.74. The van der Waals surface area contributed by atoms with E-state index in [1.165, 1.54) is 0 Å². The number of carbonyl (C=O) groups is 4. The maximum Gasteiger partial charge on any atom is 0.303 e. The van der Waals surface area contributed by atoms with Gasteiger partial charge in [0.05, 0.1) is 16.9 Å². The summed E-state index contributed by atoms with van der Waals surface area (Å²) in [6, 6.07) is 1.84. The first-order valence-corrected chi connectivity index (χ1v) is 9.99. The zero-order valence-electron chi connectivity index (χ0n) is 16.4. The molecule has 1 rings (SSSR count). The molecule has 0 aliphatic carbocycles. The number of hydrogen-bond donors (Lipinski definition) is 0. The topological polar surface area (TPSA) is 155 Å². The molecule has 0 bridgehead atoms. The fraction of sp³-hybridized carbons (Fsp3) is 0.706. The quantitative estimate of drug-likeness (QED) is 0.367. The molecule has 0 radical (unpaired) electrons. The van der Waals surface area contributed by atoms with E-state index in [1.54, 1.807) is 0 Å². The van der Waals surface area contributed by atoms with Crippen molar-refractivity contribution in [3.8, 4) is 6.07 Å². The van der Waals surface area contributed by atoms with E-state index in [9.17, 15) is 23.4 Å². The molecular weight excluding hydrogens is 410 g/mol. The van der Waals surface area contributed by atoms with E-state index in [1.807, 2.05) is 6.07 Å². The van der Waals surface area contributed by atoms with Gasteiger partial charge in [0.25, 0.3) is 0 Å². The van der Waals surface area contributed by atoms with Crippen molar-refractivity contribution in [2.45, 2.75) is 64.0 Å². The Labute approximate surface area is 170 Å². The molecule has 1 saturated heterocycles. The van der Waals surface area contributed by atoms with Gasteiger partial charge in [-0.3, -0.25) is 23.4 Å². The van der Waals surface area contributed by atoms with E-state index < -0.39 is 71.1 Å². The first-order chi connectivity index (χ1) is 13.6. The molecule has 1 aliphatic rings. The Kier molecular flexibility index (Phi) is 9.70. The van der Waals surface area contributed by atoms with Gasteiger partial charge < -0.3 is 23.7 Å². The SMILES string of the molecule is CC(=O)OC[C@H]1O[C@H](S(=O)CCC#N)[C@H](OC(C)=O)[C@@H](OC(C)=O)[C@@H]1OC(C)=O. The molecule has 0 aromatic carbocycles. The number of nitriles is 1. The Bertz CT molecular complexity index is 703. The van der Waals surface area contributed by atoms with Crippen molar-refractivity contribution in [3.63, 3.8) is 0 Å². The lowest BCUT2D eigenvalue weighted by Crippen LogP contribution is -2.63. The average molecular weight is 433 g/mol. The summed E-state index contributed by atoms with van der Waals surface area (Å²) in [6.45, 7) is 4.03. The average Bonchev–Trinajstić information content (AvgIpc) is 2.60. The monoisotopic (exact) mass is 433 g/mol. The normalized spacial score (nSPS) is 27.1. The number of hydrogen-bond acceptors (Lipinski definition) is 11. The lowest BCUT2D eigenvalue weighted by atomic mass is 9.99. The minimum atomic E-state index is -1.85. The van der Waals surface area contributed by atoms with Crippen LogP contribution in [0, 0.1) is 11.3 Å². The zero-order chi connectivity index (χ0) is 22.1. The van der Waals surface area contributed by atoms with Crippen molar-refractivity contribution in [2.24, 2.45) is 0 Å². The number of nitrogens with zero attached hydrogens (tertiary/aromatic N) is 1. The summed E-state index contributed by atoms with van der Waals surface area (Å²) in [7, 11) is -1.85. The predicted molar refractivity (Wildman–Crippen MR) is 95.2 cm³/mol. The van der Waals surface area contributed by atoms with E-state index in [0.717, 1.165) is 27.7 Å². The van der Waals surface area contributed by atoms with Gasteiger partial charge in [-0.15, -0.1) is 0 Å². The molecule has 162 valence electrons. The molecule has 0 N–H and O–H groups in total. The van der Waals surface area contributed by atoms with Crippen LogP contribution < -0.4 is 0 Å². The van der Waals surface area contributed by atoms with Gasteiger partial charge in [0.2, 0.25) is 0 Å². The lowest BCUT2D eigenvalue weighted by molar-refractivity contribution is -0.238. The van der Waals surface area contributed by atoms with Gasteiger partial charge in [-0.2, -0.15) is 5.26 Å². The van der Waals surface area contributed by atoms with Crippen molar-refractivity contribution in [3.05, 3.63) is 0 Å². The lowest BCUT2D eigenvalue weighted by Gasteiger charge is -2.43. The second-order valence-corrected chi connectivity index (χ2v) is 7.69. The van der Waals surface area contributed by atoms with Gasteiger partial charge in [0.15, 0.2) is 23.7 Å². The highest BCUT2D eigenvalue weighted by molar-refractivity contribution is 7.85. The molecule has 1 fully saturated rings. The van der Waals surface area contributed by atoms with Crippen LogP contribution in [-0.2, 0) is 53.7 Å². The van der Waals surface area contributed by atoms with Crippen molar-refractivity contribution in [2.75, 3.05) is 12.4 Å². The Hall–Kier alpha value is -2.52. The molecule has 1 unspecified atom stereocenters. The Morgan fingerprint density at radius 2 is 1.41 bits per heavy atom. The summed E-state index contributed by atoms with van der Waals surface area (Å²) in [6.07, 6.45) is -5.28. The standard InChI is InChI=1S/C17H23NO10S/c1-9(19)24-8-13-14(25-10(2)20)15(26-11(3)21)16(27-12(4)22)17(28-13)29(23)7-5-6-18/h13-17H,5,7-8H2,1-4H3/t13-,14-,15+,16-,17-,29?/m1/s1. The van der Waals surface area contributed by atoms with E-state index >= 15 is 0 Å². The van der Waals surface area contributed by atoms with Crippen molar-refractivity contribution in [1.29, 1.82) is 5.26 Å². The Morgan fingerprint density at radius 3 is 1.90 bits per heavy atom. The zero-order valence-corrected chi connectivity index (χ0v) is 17.3. The van der Waals surface area contributed by atoms with Crippen LogP contribution in [0.25, 0.3) is 0 Å². The van der Waals surface area contributed by atoms with Gasteiger partial charge in [0.1, 0.15) is 12.7 Å². The van der Waals surface area contributed by atoms with Crippen molar-refractivity contribution >= 4 is 34.7 Å². The van der Waals surface area contributed by atoms with E-state index in [-0.39, 0.29) is 12.2 Å². The van der Waals surface area contributed by atoms with Gasteiger partial charge in [-0.1, -0.05) is 0 Å². The molecule has 11 nitrogen and oxygen atoms in total. The van der Waals surface area contributed by atoms with Crippen LogP contribution in [0.2, 0.25) is 0 Å². The molecule has 0 aromatic rings. The summed E-state index contributed by atoms with van der Waals surface area (Å²) < 4.78 is 38.9. The van der Waals surface area contributed by atoms with E-state index in [0.29, 0.717) is 0 Å². The highest BCUT2D eigenvalue weighted by atomic mass is 32.2. The van der Waals surface area contributed by atoms with Gasteiger partial charge in [-0.25, -0.2) is 0 Å². The molecule has 12 heteroatoms. The van der Waals surface area contributed by atoms with Crippen molar-refractivity contribution in [1.82, 2.24) is 0 Å². The number of esters is 4. The highest BCUT2D eigenvalue weighted by Gasteiger charge is 2.53. The number of rotatable bonds is 8. The second kappa shape index (κ2) is 11.5. The van der Waals surface area contributed by atoms with Gasteiger partial charge in [0, 0.05) is 39.9 Å². The molecule has 0 aromatic heterocycles. The first-order valence-electron chi connectivity index (χ1n) is 8.61. The highest BCUT2D eigenvalue weighted by Crippen LogP contribution is 2.31. The van der Waals surface area contributed by atoms with Gasteiger partial charge >= 0.3 is 23.9 Å².